The second kappa shape index (κ2) is 19.3. The Bertz CT molecular complexity index is 1020. The Balaban J connectivity index is 0.000000507. The highest BCUT2D eigenvalue weighted by atomic mass is 15.1. The van der Waals surface area contributed by atoms with Gasteiger partial charge in [-0.2, -0.15) is 0 Å². The third-order valence-electron chi connectivity index (χ3n) is 8.42. The maximum Gasteiger partial charge on any atom is 0.0340 e. The number of nitrogens with one attached hydrogen (secondary N) is 1. The summed E-state index contributed by atoms with van der Waals surface area (Å²) >= 11 is 0. The summed E-state index contributed by atoms with van der Waals surface area (Å²) in [6.07, 6.45) is 13.4. The van der Waals surface area contributed by atoms with Gasteiger partial charge in [-0.15, -0.1) is 0 Å². The van der Waals surface area contributed by atoms with Crippen LogP contribution in [0.3, 0.4) is 0 Å². The number of likely N-dealkylation sites (tertiary alicyclic amines) is 1. The predicted molar refractivity (Wildman–Crippen MR) is 180 cm³/mol. The van der Waals surface area contributed by atoms with Crippen molar-refractivity contribution in [3.05, 3.63) is 114 Å². The molecule has 0 saturated carbocycles. The van der Waals surface area contributed by atoms with Crippen molar-refractivity contribution in [1.82, 2.24) is 10.2 Å². The molecule has 1 heterocycles. The van der Waals surface area contributed by atoms with E-state index in [0.29, 0.717) is 5.92 Å². The van der Waals surface area contributed by atoms with Crippen LogP contribution in [-0.2, 0) is 6.42 Å². The summed E-state index contributed by atoms with van der Waals surface area (Å²) in [6, 6.07) is 31.0. The Morgan fingerprint density at radius 2 is 1.27 bits per heavy atom. The molecule has 3 aromatic rings. The van der Waals surface area contributed by atoms with Crippen LogP contribution in [0.15, 0.2) is 91.5 Å². The van der Waals surface area contributed by atoms with Crippen molar-refractivity contribution in [3.63, 3.8) is 0 Å². The zero-order chi connectivity index (χ0) is 29.1. The van der Waals surface area contributed by atoms with Crippen LogP contribution in [0, 0.1) is 5.92 Å². The average molecular weight is 553 g/mol. The molecule has 0 spiro atoms. The highest BCUT2D eigenvalue weighted by Gasteiger charge is 2.23. The molecule has 41 heavy (non-hydrogen) atoms. The monoisotopic (exact) mass is 552 g/mol. The molecule has 1 N–H and O–H groups in total. The van der Waals surface area contributed by atoms with Crippen LogP contribution in [0.5, 0.6) is 0 Å². The number of benzene rings is 3. The maximum atomic E-state index is 4.17. The first-order valence-electron chi connectivity index (χ1n) is 16.5. The van der Waals surface area contributed by atoms with Gasteiger partial charge >= 0.3 is 0 Å². The van der Waals surface area contributed by atoms with Crippen molar-refractivity contribution in [2.24, 2.45) is 5.92 Å². The van der Waals surface area contributed by atoms with Crippen LogP contribution in [-0.4, -0.2) is 31.1 Å². The van der Waals surface area contributed by atoms with E-state index in [-0.39, 0.29) is 0 Å². The van der Waals surface area contributed by atoms with Gasteiger partial charge in [0, 0.05) is 24.7 Å². The standard InChI is InChI=1S/C31H38N2.C8H18/c1-3-20-32-25(2)28-16-14-26(15-17-28)23-27-18-21-33(22-19-27)24-31(29-10-6-4-7-11-29)30-12-8-5-9-13-30;1-3-5-7-8-6-4-2/h4-17,27,31-32H,2-3,18-24H2,1H3;3-8H2,1-2H3. The lowest BCUT2D eigenvalue weighted by atomic mass is 9.87. The van der Waals surface area contributed by atoms with E-state index >= 15 is 0 Å². The third kappa shape index (κ3) is 11.9. The van der Waals surface area contributed by atoms with Crippen molar-refractivity contribution >= 4 is 5.70 Å². The molecule has 0 amide bonds. The van der Waals surface area contributed by atoms with Gasteiger partial charge < -0.3 is 10.2 Å². The molecule has 4 rings (SSSR count). The molecule has 2 nitrogen and oxygen atoms in total. The molecule has 222 valence electrons. The highest BCUT2D eigenvalue weighted by Crippen LogP contribution is 2.29. The minimum Gasteiger partial charge on any atom is -0.385 e. The second-order valence-electron chi connectivity index (χ2n) is 11.8. The van der Waals surface area contributed by atoms with Gasteiger partial charge in [0.15, 0.2) is 0 Å². The Hall–Kier alpha value is -2.84. The predicted octanol–water partition coefficient (Wildman–Crippen LogP) is 10.1. The molecule has 0 atom stereocenters. The van der Waals surface area contributed by atoms with Crippen molar-refractivity contribution in [3.8, 4) is 0 Å². The van der Waals surface area contributed by atoms with E-state index in [2.05, 4.69) is 122 Å². The van der Waals surface area contributed by atoms with E-state index < -0.39 is 0 Å². The van der Waals surface area contributed by atoms with E-state index in [0.717, 1.165) is 31.1 Å². The van der Waals surface area contributed by atoms with Crippen LogP contribution in [0.25, 0.3) is 5.70 Å². The summed E-state index contributed by atoms with van der Waals surface area (Å²) < 4.78 is 0. The molecular weight excluding hydrogens is 496 g/mol. The smallest absolute Gasteiger partial charge is 0.0340 e. The number of nitrogens with zero attached hydrogens (tertiary/aromatic N) is 1. The summed E-state index contributed by atoms with van der Waals surface area (Å²) in [5.74, 6) is 1.21. The van der Waals surface area contributed by atoms with E-state index in [1.54, 1.807) is 0 Å². The van der Waals surface area contributed by atoms with Gasteiger partial charge in [0.2, 0.25) is 0 Å². The largest absolute Gasteiger partial charge is 0.385 e. The summed E-state index contributed by atoms with van der Waals surface area (Å²) in [6.45, 7) is 15.3. The molecule has 0 bridgehead atoms. The molecule has 1 aliphatic heterocycles. The van der Waals surface area contributed by atoms with Crippen molar-refractivity contribution < 1.29 is 0 Å². The van der Waals surface area contributed by atoms with Crippen molar-refractivity contribution in [2.45, 2.75) is 90.9 Å². The molecule has 0 unspecified atom stereocenters. The summed E-state index contributed by atoms with van der Waals surface area (Å²) in [7, 11) is 0. The van der Waals surface area contributed by atoms with Gasteiger partial charge in [0.1, 0.15) is 0 Å². The molecule has 0 aliphatic carbocycles. The van der Waals surface area contributed by atoms with Gasteiger partial charge in [-0.1, -0.05) is 151 Å². The van der Waals surface area contributed by atoms with E-state index in [4.69, 9.17) is 0 Å². The fourth-order valence-corrected chi connectivity index (χ4v) is 5.81. The van der Waals surface area contributed by atoms with E-state index in [9.17, 15) is 0 Å². The number of piperidine rings is 1. The van der Waals surface area contributed by atoms with E-state index in [1.807, 2.05) is 0 Å². The van der Waals surface area contributed by atoms with Gasteiger partial charge in [0.25, 0.3) is 0 Å². The van der Waals surface area contributed by atoms with E-state index in [1.165, 1.54) is 93.1 Å². The molecule has 0 radical (unpaired) electrons. The Morgan fingerprint density at radius 3 is 1.76 bits per heavy atom. The number of rotatable bonds is 15. The zero-order valence-corrected chi connectivity index (χ0v) is 26.3. The summed E-state index contributed by atoms with van der Waals surface area (Å²) in [5.41, 5.74) is 6.52. The van der Waals surface area contributed by atoms with Crippen molar-refractivity contribution in [1.29, 1.82) is 0 Å². The number of hydrogen-bond acceptors (Lipinski definition) is 2. The molecular formula is C39H56N2. The summed E-state index contributed by atoms with van der Waals surface area (Å²) in [4.78, 5) is 2.67. The SMILES string of the molecule is C=C(NCCC)c1ccc(CC2CCN(CC(c3ccccc3)c3ccccc3)CC2)cc1.CCCCCCCC. The van der Waals surface area contributed by atoms with Crippen LogP contribution in [0.1, 0.15) is 107 Å². The minimum atomic E-state index is 0.436. The average Bonchev–Trinajstić information content (AvgIpc) is 3.03. The fraction of sp³-hybridized carbons (Fsp3) is 0.487. The number of hydrogen-bond donors (Lipinski definition) is 1. The Labute approximate surface area is 252 Å². The molecule has 1 fully saturated rings. The normalized spacial score (nSPS) is 14.0. The van der Waals surface area contributed by atoms with Gasteiger partial charge in [-0.3, -0.25) is 0 Å². The molecule has 1 aliphatic rings. The first kappa shape index (κ1) is 32.7. The van der Waals surface area contributed by atoms with Crippen molar-refractivity contribution in [2.75, 3.05) is 26.2 Å². The van der Waals surface area contributed by atoms with Gasteiger partial charge in [0.05, 0.1) is 0 Å². The zero-order valence-electron chi connectivity index (χ0n) is 26.3. The minimum absolute atomic E-state index is 0.436. The molecule has 2 heteroatoms. The van der Waals surface area contributed by atoms with Crippen LogP contribution in [0.4, 0.5) is 0 Å². The summed E-state index contributed by atoms with van der Waals surface area (Å²) in [5, 5.41) is 3.39. The quantitative estimate of drug-likeness (QED) is 0.189. The maximum absolute atomic E-state index is 4.17. The lowest BCUT2D eigenvalue weighted by molar-refractivity contribution is 0.179. The highest BCUT2D eigenvalue weighted by molar-refractivity contribution is 5.61. The lowest BCUT2D eigenvalue weighted by Crippen LogP contribution is -2.37. The molecule has 3 aromatic carbocycles. The third-order valence-corrected chi connectivity index (χ3v) is 8.42. The first-order valence-corrected chi connectivity index (χ1v) is 16.5. The second-order valence-corrected chi connectivity index (χ2v) is 11.8. The lowest BCUT2D eigenvalue weighted by Gasteiger charge is -2.34. The van der Waals surface area contributed by atoms with Gasteiger partial charge in [-0.25, -0.2) is 0 Å². The number of unbranched alkanes of at least 4 members (excludes halogenated alkanes) is 5. The van der Waals surface area contributed by atoms with Gasteiger partial charge in [-0.05, 0) is 66.9 Å². The molecule has 1 saturated heterocycles. The van der Waals surface area contributed by atoms with Crippen LogP contribution >= 0.6 is 0 Å². The first-order chi connectivity index (χ1) is 20.1. The van der Waals surface area contributed by atoms with Crippen LogP contribution < -0.4 is 5.32 Å². The van der Waals surface area contributed by atoms with Crippen LogP contribution in [0.2, 0.25) is 0 Å². The Kier molecular flexibility index (Phi) is 15.4. The Morgan fingerprint density at radius 1 is 0.732 bits per heavy atom. The topological polar surface area (TPSA) is 15.3 Å². The fourth-order valence-electron chi connectivity index (χ4n) is 5.81. The molecule has 0 aromatic heterocycles.